The molecule has 0 N–H and O–H groups in total. The molecule has 0 bridgehead atoms. The second-order valence-electron chi connectivity index (χ2n) is 4.27. The molecule has 0 aromatic carbocycles. The summed E-state index contributed by atoms with van der Waals surface area (Å²) in [5.74, 6) is 0. The molecule has 0 fully saturated rings. The predicted octanol–water partition coefficient (Wildman–Crippen LogP) is 3.78. The minimum atomic E-state index is -0.122. The summed E-state index contributed by atoms with van der Waals surface area (Å²) in [5, 5.41) is 6.84. The van der Waals surface area contributed by atoms with Crippen molar-refractivity contribution in [3.63, 3.8) is 0 Å². The van der Waals surface area contributed by atoms with Gasteiger partial charge in [0, 0.05) is 19.6 Å². The van der Waals surface area contributed by atoms with Gasteiger partial charge in [0.25, 0.3) is 5.56 Å². The average Bonchev–Trinajstić information content (AvgIpc) is 2.94. The quantitative estimate of drug-likeness (QED) is 0.647. The SMILES string of the molecule is Cc1sc2ncn(/N=C/c3cc(Br)cs3)c(=O)c2c1C. The van der Waals surface area contributed by atoms with Crippen LogP contribution in [-0.2, 0) is 0 Å². The van der Waals surface area contributed by atoms with Crippen LogP contribution in [0.25, 0.3) is 10.2 Å². The van der Waals surface area contributed by atoms with Gasteiger partial charge in [-0.25, -0.2) is 4.98 Å². The number of aromatic nitrogens is 2. The molecule has 20 heavy (non-hydrogen) atoms. The molecule has 3 aromatic rings. The number of thiophene rings is 2. The number of fused-ring (bicyclic) bond motifs is 1. The summed E-state index contributed by atoms with van der Waals surface area (Å²) >= 11 is 6.48. The van der Waals surface area contributed by atoms with Crippen LogP contribution in [0.15, 0.2) is 32.1 Å². The Morgan fingerprint density at radius 3 is 2.95 bits per heavy atom. The van der Waals surface area contributed by atoms with Crippen molar-refractivity contribution in [2.75, 3.05) is 0 Å². The summed E-state index contributed by atoms with van der Waals surface area (Å²) in [5.41, 5.74) is 0.870. The van der Waals surface area contributed by atoms with Crippen molar-refractivity contribution in [1.82, 2.24) is 9.66 Å². The lowest BCUT2D eigenvalue weighted by Gasteiger charge is -1.97. The summed E-state index contributed by atoms with van der Waals surface area (Å²) in [6.07, 6.45) is 3.14. The van der Waals surface area contributed by atoms with Gasteiger partial charge in [-0.2, -0.15) is 9.78 Å². The first-order valence-electron chi connectivity index (χ1n) is 5.82. The molecule has 7 heteroatoms. The third-order valence-corrected chi connectivity index (χ3v) is 5.71. The number of nitrogens with zero attached hydrogens (tertiary/aromatic N) is 3. The fraction of sp³-hybridized carbons (Fsp3) is 0.154. The van der Waals surface area contributed by atoms with Crippen molar-refractivity contribution in [3.05, 3.63) is 47.9 Å². The van der Waals surface area contributed by atoms with Crippen molar-refractivity contribution in [3.8, 4) is 0 Å². The zero-order chi connectivity index (χ0) is 14.3. The van der Waals surface area contributed by atoms with Crippen LogP contribution in [0.3, 0.4) is 0 Å². The van der Waals surface area contributed by atoms with Crippen LogP contribution in [0.4, 0.5) is 0 Å². The van der Waals surface area contributed by atoms with Gasteiger partial charge in [0.1, 0.15) is 11.2 Å². The Morgan fingerprint density at radius 1 is 1.45 bits per heavy atom. The minimum Gasteiger partial charge on any atom is -0.267 e. The van der Waals surface area contributed by atoms with Crippen LogP contribution < -0.4 is 5.56 Å². The number of aryl methyl sites for hydroxylation is 2. The number of halogens is 1. The highest BCUT2D eigenvalue weighted by Crippen LogP contribution is 2.25. The van der Waals surface area contributed by atoms with Gasteiger partial charge in [0.05, 0.1) is 11.6 Å². The van der Waals surface area contributed by atoms with Gasteiger partial charge in [0.15, 0.2) is 0 Å². The smallest absolute Gasteiger partial charge is 0.267 e. The van der Waals surface area contributed by atoms with Crippen molar-refractivity contribution in [1.29, 1.82) is 0 Å². The molecule has 102 valence electrons. The maximum Gasteiger partial charge on any atom is 0.282 e. The van der Waals surface area contributed by atoms with Crippen LogP contribution in [0.5, 0.6) is 0 Å². The molecule has 0 saturated heterocycles. The normalized spacial score (nSPS) is 11.8. The highest BCUT2D eigenvalue weighted by molar-refractivity contribution is 9.10. The molecular formula is C13H10BrN3OS2. The Kier molecular flexibility index (Phi) is 3.57. The van der Waals surface area contributed by atoms with E-state index >= 15 is 0 Å². The Labute approximate surface area is 131 Å². The van der Waals surface area contributed by atoms with Crippen LogP contribution >= 0.6 is 38.6 Å². The third-order valence-electron chi connectivity index (χ3n) is 2.97. The molecule has 3 rings (SSSR count). The van der Waals surface area contributed by atoms with E-state index in [9.17, 15) is 4.79 Å². The molecule has 0 saturated carbocycles. The van der Waals surface area contributed by atoms with Gasteiger partial charge in [-0.3, -0.25) is 4.79 Å². The van der Waals surface area contributed by atoms with Gasteiger partial charge < -0.3 is 0 Å². The van der Waals surface area contributed by atoms with Crippen molar-refractivity contribution in [2.45, 2.75) is 13.8 Å². The highest BCUT2D eigenvalue weighted by Gasteiger charge is 2.11. The van der Waals surface area contributed by atoms with E-state index in [0.717, 1.165) is 24.6 Å². The first kappa shape index (κ1) is 13.7. The fourth-order valence-corrected chi connectivity index (χ4v) is 4.11. The van der Waals surface area contributed by atoms with E-state index in [1.165, 1.54) is 22.3 Å². The molecule has 3 aromatic heterocycles. The van der Waals surface area contributed by atoms with E-state index < -0.39 is 0 Å². The van der Waals surface area contributed by atoms with Gasteiger partial charge in [0.2, 0.25) is 0 Å². The van der Waals surface area contributed by atoms with E-state index in [0.29, 0.717) is 5.39 Å². The fourth-order valence-electron chi connectivity index (χ4n) is 1.82. The van der Waals surface area contributed by atoms with Gasteiger partial charge in [-0.05, 0) is 41.4 Å². The van der Waals surface area contributed by atoms with Crippen molar-refractivity contribution >= 4 is 55.0 Å². The second kappa shape index (κ2) is 5.23. The summed E-state index contributed by atoms with van der Waals surface area (Å²) in [7, 11) is 0. The minimum absolute atomic E-state index is 0.122. The molecule has 0 amide bonds. The summed E-state index contributed by atoms with van der Waals surface area (Å²) in [6, 6.07) is 1.95. The summed E-state index contributed by atoms with van der Waals surface area (Å²) in [4.78, 5) is 19.6. The molecule has 0 aliphatic rings. The number of rotatable bonds is 2. The van der Waals surface area contributed by atoms with Crippen LogP contribution in [0.2, 0.25) is 0 Å². The Hall–Kier alpha value is -1.31. The van der Waals surface area contributed by atoms with E-state index in [4.69, 9.17) is 0 Å². The third kappa shape index (κ3) is 2.36. The maximum absolute atomic E-state index is 12.4. The first-order valence-corrected chi connectivity index (χ1v) is 8.31. The molecule has 0 spiro atoms. The lowest BCUT2D eigenvalue weighted by molar-refractivity contribution is 0.818. The highest BCUT2D eigenvalue weighted by atomic mass is 79.9. The first-order chi connectivity index (χ1) is 9.56. The molecule has 4 nitrogen and oxygen atoms in total. The Balaban J connectivity index is 2.08. The molecular weight excluding hydrogens is 358 g/mol. The van der Waals surface area contributed by atoms with E-state index in [-0.39, 0.29) is 5.56 Å². The lowest BCUT2D eigenvalue weighted by atomic mass is 10.2. The van der Waals surface area contributed by atoms with Crippen LogP contribution in [0.1, 0.15) is 15.3 Å². The molecule has 3 heterocycles. The Morgan fingerprint density at radius 2 is 2.25 bits per heavy atom. The maximum atomic E-state index is 12.4. The standard InChI is InChI=1S/C13H10BrN3OS2/c1-7-8(2)20-12-11(7)13(18)17(6-15-12)16-4-10-3-9(14)5-19-10/h3-6H,1-2H3/b16-4+. The Bertz CT molecular complexity index is 875. The second-order valence-corrected chi connectivity index (χ2v) is 7.33. The molecule has 0 radical (unpaired) electrons. The van der Waals surface area contributed by atoms with Crippen LogP contribution in [0, 0.1) is 13.8 Å². The van der Waals surface area contributed by atoms with E-state index in [1.54, 1.807) is 17.6 Å². The summed E-state index contributed by atoms with van der Waals surface area (Å²) in [6.45, 7) is 3.94. The molecule has 0 aliphatic carbocycles. The number of hydrogen-bond donors (Lipinski definition) is 0. The van der Waals surface area contributed by atoms with Gasteiger partial charge in [-0.1, -0.05) is 0 Å². The molecule has 0 unspecified atom stereocenters. The lowest BCUT2D eigenvalue weighted by Crippen LogP contribution is -2.16. The van der Waals surface area contributed by atoms with Crippen molar-refractivity contribution < 1.29 is 0 Å². The monoisotopic (exact) mass is 367 g/mol. The largest absolute Gasteiger partial charge is 0.282 e. The summed E-state index contributed by atoms with van der Waals surface area (Å²) < 4.78 is 2.30. The van der Waals surface area contributed by atoms with E-state index in [1.807, 2.05) is 25.3 Å². The average molecular weight is 368 g/mol. The van der Waals surface area contributed by atoms with E-state index in [2.05, 4.69) is 26.0 Å². The van der Waals surface area contributed by atoms with Crippen molar-refractivity contribution in [2.24, 2.45) is 5.10 Å². The topological polar surface area (TPSA) is 47.2 Å². The predicted molar refractivity (Wildman–Crippen MR) is 88.4 cm³/mol. The molecule has 0 atom stereocenters. The zero-order valence-corrected chi connectivity index (χ0v) is 14.0. The van der Waals surface area contributed by atoms with Gasteiger partial charge in [-0.15, -0.1) is 22.7 Å². The zero-order valence-electron chi connectivity index (χ0n) is 10.8. The number of hydrogen-bond acceptors (Lipinski definition) is 5. The molecule has 0 aliphatic heterocycles. The van der Waals surface area contributed by atoms with Crippen LogP contribution in [-0.4, -0.2) is 15.9 Å². The van der Waals surface area contributed by atoms with Gasteiger partial charge >= 0.3 is 0 Å².